The first-order valence-electron chi connectivity index (χ1n) is 5.37. The summed E-state index contributed by atoms with van der Waals surface area (Å²) in [5.41, 5.74) is 0.508. The first-order valence-corrected chi connectivity index (χ1v) is 7.64. The van der Waals surface area contributed by atoms with Gasteiger partial charge in [-0.15, -0.1) is 0 Å². The van der Waals surface area contributed by atoms with E-state index in [4.69, 9.17) is 5.11 Å². The van der Waals surface area contributed by atoms with E-state index in [1.807, 2.05) is 0 Å². The Labute approximate surface area is 123 Å². The molecule has 20 heavy (non-hydrogen) atoms. The molecule has 1 aromatic carbocycles. The van der Waals surface area contributed by atoms with Gasteiger partial charge in [-0.05, 0) is 41.1 Å². The van der Waals surface area contributed by atoms with Crippen LogP contribution in [0.5, 0.6) is 0 Å². The van der Waals surface area contributed by atoms with E-state index in [2.05, 4.69) is 30.8 Å². The number of aromatic nitrogens is 2. The van der Waals surface area contributed by atoms with Crippen molar-refractivity contribution in [2.75, 3.05) is 4.72 Å². The number of nitrogens with one attached hydrogen (secondary N) is 2. The topological polar surface area (TPSA) is 112 Å². The number of hydrogen-bond acceptors (Lipinski definition) is 4. The van der Waals surface area contributed by atoms with Crippen LogP contribution in [-0.2, 0) is 10.0 Å². The Morgan fingerprint density at radius 1 is 1.45 bits per heavy atom. The molecule has 7 nitrogen and oxygen atoms in total. The third-order valence-electron chi connectivity index (χ3n) is 2.53. The molecule has 0 amide bonds. The number of carboxylic acid groups (broad SMARTS) is 1. The first-order chi connectivity index (χ1) is 9.31. The minimum atomic E-state index is -3.92. The summed E-state index contributed by atoms with van der Waals surface area (Å²) in [6, 6.07) is 3.77. The molecular formula is C11H10BrN3O4S. The summed E-state index contributed by atoms with van der Waals surface area (Å²) in [6.45, 7) is 1.68. The van der Waals surface area contributed by atoms with Gasteiger partial charge < -0.3 is 5.11 Å². The molecule has 2 rings (SSSR count). The molecule has 0 saturated carbocycles. The quantitative estimate of drug-likeness (QED) is 0.772. The largest absolute Gasteiger partial charge is 0.478 e. The van der Waals surface area contributed by atoms with Crippen molar-refractivity contribution in [1.82, 2.24) is 10.2 Å². The number of aromatic carboxylic acids is 1. The van der Waals surface area contributed by atoms with E-state index in [9.17, 15) is 13.2 Å². The van der Waals surface area contributed by atoms with Crippen molar-refractivity contribution in [1.29, 1.82) is 0 Å². The van der Waals surface area contributed by atoms with Gasteiger partial charge in [-0.1, -0.05) is 0 Å². The Morgan fingerprint density at radius 2 is 2.15 bits per heavy atom. The Kier molecular flexibility index (Phi) is 3.82. The molecular weight excluding hydrogens is 350 g/mol. The smallest absolute Gasteiger partial charge is 0.335 e. The highest BCUT2D eigenvalue weighted by Crippen LogP contribution is 2.25. The molecule has 0 atom stereocenters. The van der Waals surface area contributed by atoms with Gasteiger partial charge in [0.1, 0.15) is 10.7 Å². The van der Waals surface area contributed by atoms with Crippen LogP contribution in [-0.4, -0.2) is 29.7 Å². The maximum absolute atomic E-state index is 12.3. The fraction of sp³-hybridized carbons (Fsp3) is 0.0909. The number of aromatic amines is 1. The van der Waals surface area contributed by atoms with Crippen LogP contribution in [0.15, 0.2) is 33.8 Å². The summed E-state index contributed by atoms with van der Waals surface area (Å²) < 4.78 is 27.1. The molecule has 0 unspecified atom stereocenters. The number of benzene rings is 1. The molecule has 2 aromatic rings. The molecule has 0 fully saturated rings. The molecule has 9 heteroatoms. The molecule has 0 aliphatic heterocycles. The molecule has 1 heterocycles. The van der Waals surface area contributed by atoms with Gasteiger partial charge in [0.05, 0.1) is 11.8 Å². The van der Waals surface area contributed by atoms with E-state index in [1.165, 1.54) is 18.3 Å². The summed E-state index contributed by atoms with van der Waals surface area (Å²) in [7, 11) is -3.92. The van der Waals surface area contributed by atoms with Crippen molar-refractivity contribution in [2.24, 2.45) is 0 Å². The fourth-order valence-electron chi connectivity index (χ4n) is 1.48. The van der Waals surface area contributed by atoms with Crippen LogP contribution in [0.4, 0.5) is 5.82 Å². The second kappa shape index (κ2) is 5.25. The zero-order chi connectivity index (χ0) is 14.9. The zero-order valence-electron chi connectivity index (χ0n) is 10.2. The monoisotopic (exact) mass is 359 g/mol. The second-order valence-corrected chi connectivity index (χ2v) is 6.49. The fourth-order valence-corrected chi connectivity index (χ4v) is 3.56. The number of nitrogens with zero attached hydrogens (tertiary/aromatic N) is 1. The molecule has 0 aliphatic rings. The van der Waals surface area contributed by atoms with Crippen molar-refractivity contribution in [2.45, 2.75) is 11.8 Å². The van der Waals surface area contributed by atoms with Crippen molar-refractivity contribution < 1.29 is 18.3 Å². The average Bonchev–Trinajstić information content (AvgIpc) is 2.74. The maximum atomic E-state index is 12.3. The summed E-state index contributed by atoms with van der Waals surface area (Å²) >= 11 is 3.10. The Hall–Kier alpha value is -1.87. The Bertz CT molecular complexity index is 770. The molecule has 106 valence electrons. The number of rotatable bonds is 4. The van der Waals surface area contributed by atoms with Crippen LogP contribution in [0, 0.1) is 6.92 Å². The number of aryl methyl sites for hydroxylation is 1. The summed E-state index contributed by atoms with van der Waals surface area (Å²) in [4.78, 5) is 10.8. The predicted molar refractivity (Wildman–Crippen MR) is 75.2 cm³/mol. The van der Waals surface area contributed by atoms with E-state index in [-0.39, 0.29) is 20.7 Å². The lowest BCUT2D eigenvalue weighted by molar-refractivity contribution is 0.0696. The van der Waals surface area contributed by atoms with E-state index in [0.717, 1.165) is 6.07 Å². The Balaban J connectivity index is 2.46. The number of carbonyl (C=O) groups is 1. The van der Waals surface area contributed by atoms with E-state index >= 15 is 0 Å². The zero-order valence-corrected chi connectivity index (χ0v) is 12.6. The maximum Gasteiger partial charge on any atom is 0.335 e. The minimum absolute atomic E-state index is 0.116. The molecule has 0 saturated heterocycles. The number of hydrogen-bond donors (Lipinski definition) is 3. The average molecular weight is 360 g/mol. The van der Waals surface area contributed by atoms with E-state index < -0.39 is 16.0 Å². The number of anilines is 1. The summed E-state index contributed by atoms with van der Waals surface area (Å²) in [6.07, 6.45) is 1.47. The highest BCUT2D eigenvalue weighted by atomic mass is 79.9. The molecule has 3 N–H and O–H groups in total. The van der Waals surface area contributed by atoms with Gasteiger partial charge in [0, 0.05) is 10.0 Å². The lowest BCUT2D eigenvalue weighted by Gasteiger charge is -2.09. The molecule has 0 radical (unpaired) electrons. The SMILES string of the molecule is Cc1cn[nH]c1NS(=O)(=O)c1cc(C(=O)O)ccc1Br. The highest BCUT2D eigenvalue weighted by Gasteiger charge is 2.21. The number of halogens is 1. The summed E-state index contributed by atoms with van der Waals surface area (Å²) in [5, 5.41) is 15.1. The van der Waals surface area contributed by atoms with Crippen molar-refractivity contribution in [3.05, 3.63) is 40.0 Å². The van der Waals surface area contributed by atoms with Crippen LogP contribution >= 0.6 is 15.9 Å². The van der Waals surface area contributed by atoms with Gasteiger partial charge in [0.2, 0.25) is 0 Å². The van der Waals surface area contributed by atoms with Crippen molar-refractivity contribution in [3.63, 3.8) is 0 Å². The number of sulfonamides is 1. The lowest BCUT2D eigenvalue weighted by Crippen LogP contribution is -2.15. The van der Waals surface area contributed by atoms with Gasteiger partial charge in [-0.2, -0.15) is 5.10 Å². The van der Waals surface area contributed by atoms with Gasteiger partial charge in [0.25, 0.3) is 10.0 Å². The molecule has 1 aromatic heterocycles. The van der Waals surface area contributed by atoms with E-state index in [1.54, 1.807) is 6.92 Å². The predicted octanol–water partition coefficient (Wildman–Crippen LogP) is 1.98. The van der Waals surface area contributed by atoms with Gasteiger partial charge in [0.15, 0.2) is 0 Å². The number of H-pyrrole nitrogens is 1. The van der Waals surface area contributed by atoms with Gasteiger partial charge in [-0.3, -0.25) is 9.82 Å². The Morgan fingerprint density at radius 3 is 2.70 bits per heavy atom. The molecule has 0 bridgehead atoms. The van der Waals surface area contributed by atoms with Crippen LogP contribution in [0.1, 0.15) is 15.9 Å². The lowest BCUT2D eigenvalue weighted by atomic mass is 10.2. The first kappa shape index (κ1) is 14.5. The van der Waals surface area contributed by atoms with Crippen LogP contribution in [0.3, 0.4) is 0 Å². The normalized spacial score (nSPS) is 11.3. The second-order valence-electron chi connectivity index (χ2n) is 3.98. The standard InChI is InChI=1S/C11H10BrN3O4S/c1-6-5-13-14-10(6)15-20(18,19)9-4-7(11(16)17)2-3-8(9)12/h2-5H,1H3,(H,16,17)(H2,13,14,15). The van der Waals surface area contributed by atoms with Crippen molar-refractivity contribution >= 4 is 37.7 Å². The van der Waals surface area contributed by atoms with Crippen LogP contribution < -0.4 is 4.72 Å². The van der Waals surface area contributed by atoms with Crippen LogP contribution in [0.2, 0.25) is 0 Å². The molecule has 0 spiro atoms. The van der Waals surface area contributed by atoms with Crippen molar-refractivity contribution in [3.8, 4) is 0 Å². The van der Waals surface area contributed by atoms with Gasteiger partial charge >= 0.3 is 5.97 Å². The third kappa shape index (κ3) is 2.83. The number of carboxylic acids is 1. The summed E-state index contributed by atoms with van der Waals surface area (Å²) in [5.74, 6) is -0.968. The molecule has 0 aliphatic carbocycles. The van der Waals surface area contributed by atoms with E-state index in [0.29, 0.717) is 5.56 Å². The minimum Gasteiger partial charge on any atom is -0.478 e. The van der Waals surface area contributed by atoms with Crippen LogP contribution in [0.25, 0.3) is 0 Å². The van der Waals surface area contributed by atoms with Gasteiger partial charge in [-0.25, -0.2) is 13.2 Å². The third-order valence-corrected chi connectivity index (χ3v) is 4.88. The highest BCUT2D eigenvalue weighted by molar-refractivity contribution is 9.10.